The van der Waals surface area contributed by atoms with Crippen molar-refractivity contribution in [3.63, 3.8) is 0 Å². The Hall–Kier alpha value is -1.66. The van der Waals surface area contributed by atoms with E-state index in [0.29, 0.717) is 11.3 Å². The summed E-state index contributed by atoms with van der Waals surface area (Å²) in [6, 6.07) is 10.9. The second-order valence-electron chi connectivity index (χ2n) is 4.27. The number of sulfone groups is 1. The second kappa shape index (κ2) is 4.71. The minimum atomic E-state index is -3.66. The first-order chi connectivity index (χ1) is 9.54. The summed E-state index contributed by atoms with van der Waals surface area (Å²) >= 11 is 3.07. The standard InChI is InChI=1S/C14H9BrO4S/c15-8-10(16)9-5-6-12-14(7-9)20(17,18)13-4-2-1-3-11(13)19-12/h1-7H,8H2. The Balaban J connectivity index is 2.23. The Kier molecular flexibility index (Phi) is 3.14. The molecule has 0 amide bonds. The average Bonchev–Trinajstić information content (AvgIpc) is 2.46. The van der Waals surface area contributed by atoms with Gasteiger partial charge < -0.3 is 4.74 Å². The molecule has 20 heavy (non-hydrogen) atoms. The van der Waals surface area contributed by atoms with Crippen molar-refractivity contribution in [1.29, 1.82) is 0 Å². The lowest BCUT2D eigenvalue weighted by atomic mass is 10.1. The van der Waals surface area contributed by atoms with Crippen molar-refractivity contribution >= 4 is 31.6 Å². The molecule has 102 valence electrons. The second-order valence-corrected chi connectivity index (χ2v) is 6.72. The maximum atomic E-state index is 12.6. The van der Waals surface area contributed by atoms with E-state index in [-0.39, 0.29) is 26.7 Å². The van der Waals surface area contributed by atoms with Crippen LogP contribution in [0, 0.1) is 0 Å². The first-order valence-electron chi connectivity index (χ1n) is 5.79. The lowest BCUT2D eigenvalue weighted by molar-refractivity contribution is 0.102. The van der Waals surface area contributed by atoms with Gasteiger partial charge in [0, 0.05) is 5.56 Å². The van der Waals surface area contributed by atoms with Crippen molar-refractivity contribution in [2.45, 2.75) is 9.79 Å². The number of ether oxygens (including phenoxy) is 1. The quantitative estimate of drug-likeness (QED) is 0.524. The molecule has 0 bridgehead atoms. The SMILES string of the molecule is O=C(CBr)c1ccc2c(c1)S(=O)(=O)c1ccccc1O2. The van der Waals surface area contributed by atoms with E-state index in [1.807, 2.05) is 0 Å². The van der Waals surface area contributed by atoms with E-state index >= 15 is 0 Å². The van der Waals surface area contributed by atoms with Crippen LogP contribution in [0.25, 0.3) is 0 Å². The Morgan fingerprint density at radius 3 is 2.50 bits per heavy atom. The zero-order chi connectivity index (χ0) is 14.3. The van der Waals surface area contributed by atoms with Gasteiger partial charge in [-0.1, -0.05) is 28.1 Å². The molecule has 0 atom stereocenters. The maximum Gasteiger partial charge on any atom is 0.213 e. The zero-order valence-corrected chi connectivity index (χ0v) is 12.6. The third kappa shape index (κ3) is 1.96. The Bertz CT molecular complexity index is 812. The molecule has 0 fully saturated rings. The Labute approximate surface area is 124 Å². The molecule has 1 aliphatic rings. The summed E-state index contributed by atoms with van der Waals surface area (Å²) in [5, 5.41) is 0.142. The molecule has 0 aromatic heterocycles. The van der Waals surface area contributed by atoms with Gasteiger partial charge in [0.25, 0.3) is 0 Å². The fourth-order valence-corrected chi connectivity index (χ4v) is 3.90. The van der Waals surface area contributed by atoms with Gasteiger partial charge in [0.1, 0.15) is 21.3 Å². The highest BCUT2D eigenvalue weighted by atomic mass is 79.9. The van der Waals surface area contributed by atoms with Gasteiger partial charge in [0.05, 0.1) is 5.33 Å². The van der Waals surface area contributed by atoms with E-state index in [4.69, 9.17) is 4.74 Å². The number of halogens is 1. The molecule has 3 rings (SSSR count). The number of hydrogen-bond donors (Lipinski definition) is 0. The third-order valence-corrected chi connectivity index (χ3v) is 5.36. The van der Waals surface area contributed by atoms with Crippen LogP contribution in [0.3, 0.4) is 0 Å². The molecule has 0 aliphatic carbocycles. The van der Waals surface area contributed by atoms with Crippen LogP contribution in [0.1, 0.15) is 10.4 Å². The number of rotatable bonds is 2. The maximum absolute atomic E-state index is 12.6. The van der Waals surface area contributed by atoms with Gasteiger partial charge in [0.2, 0.25) is 9.84 Å². The summed E-state index contributed by atoms with van der Waals surface area (Å²) in [6.07, 6.45) is 0. The Morgan fingerprint density at radius 1 is 1.05 bits per heavy atom. The molecular weight excluding hydrogens is 344 g/mol. The van der Waals surface area contributed by atoms with Crippen LogP contribution < -0.4 is 4.74 Å². The summed E-state index contributed by atoms with van der Waals surface area (Å²) in [5.41, 5.74) is 0.340. The number of benzene rings is 2. The monoisotopic (exact) mass is 352 g/mol. The number of carbonyl (C=O) groups is 1. The minimum absolute atomic E-state index is 0.0306. The van der Waals surface area contributed by atoms with Gasteiger partial charge in [-0.3, -0.25) is 4.79 Å². The predicted octanol–water partition coefficient (Wildman–Crippen LogP) is 3.20. The van der Waals surface area contributed by atoms with Crippen LogP contribution >= 0.6 is 15.9 Å². The fourth-order valence-electron chi connectivity index (χ4n) is 2.05. The average molecular weight is 353 g/mol. The molecule has 1 heterocycles. The lowest BCUT2D eigenvalue weighted by Gasteiger charge is -2.20. The molecule has 0 spiro atoms. The van der Waals surface area contributed by atoms with Gasteiger partial charge in [-0.2, -0.15) is 0 Å². The van der Waals surface area contributed by atoms with Crippen LogP contribution in [-0.4, -0.2) is 19.5 Å². The van der Waals surface area contributed by atoms with Crippen molar-refractivity contribution in [2.75, 3.05) is 5.33 Å². The number of carbonyl (C=O) groups excluding carboxylic acids is 1. The van der Waals surface area contributed by atoms with Gasteiger partial charge in [-0.25, -0.2) is 8.42 Å². The molecule has 0 unspecified atom stereocenters. The first kappa shape index (κ1) is 13.3. The fraction of sp³-hybridized carbons (Fsp3) is 0.0714. The molecule has 2 aromatic rings. The van der Waals surface area contributed by atoms with E-state index in [2.05, 4.69) is 15.9 Å². The van der Waals surface area contributed by atoms with Crippen molar-refractivity contribution in [2.24, 2.45) is 0 Å². The van der Waals surface area contributed by atoms with Crippen LogP contribution in [0.15, 0.2) is 52.3 Å². The van der Waals surface area contributed by atoms with E-state index < -0.39 is 9.84 Å². The largest absolute Gasteiger partial charge is 0.455 e. The van der Waals surface area contributed by atoms with Gasteiger partial charge in [0.15, 0.2) is 5.78 Å². The number of fused-ring (bicyclic) bond motifs is 2. The molecule has 0 saturated carbocycles. The minimum Gasteiger partial charge on any atom is -0.455 e. The van der Waals surface area contributed by atoms with Crippen molar-refractivity contribution in [1.82, 2.24) is 0 Å². The molecule has 0 saturated heterocycles. The summed E-state index contributed by atoms with van der Waals surface area (Å²) in [4.78, 5) is 11.8. The van der Waals surface area contributed by atoms with Crippen molar-refractivity contribution in [3.8, 4) is 11.5 Å². The first-order valence-corrected chi connectivity index (χ1v) is 8.39. The molecule has 1 aliphatic heterocycles. The molecule has 6 heteroatoms. The summed E-state index contributed by atoms with van der Waals surface area (Å²) < 4.78 is 30.7. The normalized spacial score (nSPS) is 14.8. The van der Waals surface area contributed by atoms with Gasteiger partial charge >= 0.3 is 0 Å². The topological polar surface area (TPSA) is 60.4 Å². The van der Waals surface area contributed by atoms with E-state index in [0.717, 1.165) is 0 Å². The van der Waals surface area contributed by atoms with E-state index in [9.17, 15) is 13.2 Å². The highest BCUT2D eigenvalue weighted by molar-refractivity contribution is 9.09. The van der Waals surface area contributed by atoms with Crippen LogP contribution in [-0.2, 0) is 9.84 Å². The lowest BCUT2D eigenvalue weighted by Crippen LogP contribution is -2.12. The van der Waals surface area contributed by atoms with Crippen LogP contribution in [0.2, 0.25) is 0 Å². The third-order valence-electron chi connectivity index (χ3n) is 3.04. The summed E-state index contributed by atoms with van der Waals surface area (Å²) in [6.45, 7) is 0. The molecular formula is C14H9BrO4S. The van der Waals surface area contributed by atoms with Crippen LogP contribution in [0.4, 0.5) is 0 Å². The molecule has 2 aromatic carbocycles. The predicted molar refractivity (Wildman–Crippen MR) is 76.5 cm³/mol. The number of hydrogen-bond acceptors (Lipinski definition) is 4. The van der Waals surface area contributed by atoms with Gasteiger partial charge in [-0.15, -0.1) is 0 Å². The number of Topliss-reactive ketones (excluding diaryl/α,β-unsaturated/α-hetero) is 1. The smallest absolute Gasteiger partial charge is 0.213 e. The van der Waals surface area contributed by atoms with E-state index in [1.54, 1.807) is 24.3 Å². The number of alkyl halides is 1. The molecule has 0 radical (unpaired) electrons. The molecule has 4 nitrogen and oxygen atoms in total. The number of para-hydroxylation sites is 1. The number of ketones is 1. The summed E-state index contributed by atoms with van der Waals surface area (Å²) in [5.74, 6) is 0.372. The highest BCUT2D eigenvalue weighted by Gasteiger charge is 2.31. The highest BCUT2D eigenvalue weighted by Crippen LogP contribution is 2.42. The van der Waals surface area contributed by atoms with Gasteiger partial charge in [-0.05, 0) is 30.3 Å². The zero-order valence-electron chi connectivity index (χ0n) is 10.2. The van der Waals surface area contributed by atoms with E-state index in [1.165, 1.54) is 18.2 Å². The Morgan fingerprint density at radius 2 is 1.75 bits per heavy atom. The van der Waals surface area contributed by atoms with Crippen molar-refractivity contribution in [3.05, 3.63) is 48.0 Å². The van der Waals surface area contributed by atoms with Crippen molar-refractivity contribution < 1.29 is 17.9 Å². The summed E-state index contributed by atoms with van der Waals surface area (Å²) in [7, 11) is -3.66. The van der Waals surface area contributed by atoms with Crippen LogP contribution in [0.5, 0.6) is 11.5 Å². The molecule has 0 N–H and O–H groups in total.